The molecule has 1 aromatic rings. The molecule has 1 aromatic carbocycles. The van der Waals surface area contributed by atoms with Gasteiger partial charge in [0, 0.05) is 5.75 Å². The van der Waals surface area contributed by atoms with E-state index < -0.39 is 6.04 Å². The Kier molecular flexibility index (Phi) is 4.81. The van der Waals surface area contributed by atoms with Crippen molar-refractivity contribution in [2.45, 2.75) is 18.5 Å². The fourth-order valence-electron chi connectivity index (χ4n) is 1.89. The molecule has 1 saturated heterocycles. The molecule has 0 aliphatic carbocycles. The highest BCUT2D eigenvalue weighted by atomic mass is 32.2. The van der Waals surface area contributed by atoms with Crippen molar-refractivity contribution in [1.82, 2.24) is 10.6 Å². The monoisotopic (exact) mass is 280 g/mol. The van der Waals surface area contributed by atoms with Gasteiger partial charge in [0.05, 0.1) is 12.6 Å². The molecule has 0 aromatic heterocycles. The number of carbonyl (C=O) groups is 2. The van der Waals surface area contributed by atoms with Gasteiger partial charge in [0.2, 0.25) is 5.91 Å². The summed E-state index contributed by atoms with van der Waals surface area (Å²) in [6, 6.07) is 8.81. The number of benzene rings is 1. The lowest BCUT2D eigenvalue weighted by atomic mass is 10.1. The average Bonchev–Trinajstić information content (AvgIpc) is 2.86. The molecule has 1 heterocycles. The number of amides is 2. The van der Waals surface area contributed by atoms with Crippen molar-refractivity contribution >= 4 is 22.9 Å². The van der Waals surface area contributed by atoms with Crippen LogP contribution < -0.4 is 10.6 Å². The van der Waals surface area contributed by atoms with Crippen LogP contribution in [0.15, 0.2) is 30.3 Å². The van der Waals surface area contributed by atoms with Gasteiger partial charge in [0.25, 0.3) is 5.24 Å². The van der Waals surface area contributed by atoms with Crippen LogP contribution in [0.5, 0.6) is 0 Å². The number of rotatable bonds is 5. The summed E-state index contributed by atoms with van der Waals surface area (Å²) in [7, 11) is 0. The highest BCUT2D eigenvalue weighted by molar-refractivity contribution is 8.14. The SMILES string of the molecule is O=C1NC(C(=O)N[C@@H](CO)Cc2ccccc2)CS1. The molecule has 0 saturated carbocycles. The van der Waals surface area contributed by atoms with Crippen LogP contribution >= 0.6 is 11.8 Å². The first-order valence-corrected chi connectivity index (χ1v) is 7.06. The van der Waals surface area contributed by atoms with E-state index >= 15 is 0 Å². The van der Waals surface area contributed by atoms with Crippen molar-refractivity contribution < 1.29 is 14.7 Å². The lowest BCUT2D eigenvalue weighted by molar-refractivity contribution is -0.123. The molecule has 3 N–H and O–H groups in total. The number of aliphatic hydroxyl groups excluding tert-OH is 1. The predicted molar refractivity (Wildman–Crippen MR) is 73.9 cm³/mol. The number of hydrogen-bond acceptors (Lipinski definition) is 4. The number of hydrogen-bond donors (Lipinski definition) is 3. The lowest BCUT2D eigenvalue weighted by Gasteiger charge is -2.18. The normalized spacial score (nSPS) is 19.8. The van der Waals surface area contributed by atoms with Gasteiger partial charge >= 0.3 is 0 Å². The van der Waals surface area contributed by atoms with E-state index in [0.29, 0.717) is 12.2 Å². The van der Waals surface area contributed by atoms with E-state index in [1.54, 1.807) is 0 Å². The molecule has 1 fully saturated rings. The maximum Gasteiger partial charge on any atom is 0.279 e. The molecule has 2 atom stereocenters. The second kappa shape index (κ2) is 6.58. The van der Waals surface area contributed by atoms with Gasteiger partial charge in [0.1, 0.15) is 6.04 Å². The van der Waals surface area contributed by atoms with Crippen molar-refractivity contribution in [2.75, 3.05) is 12.4 Å². The second-order valence-electron chi connectivity index (χ2n) is 4.37. The Morgan fingerprint density at radius 2 is 2.21 bits per heavy atom. The van der Waals surface area contributed by atoms with Crippen LogP contribution in [0.25, 0.3) is 0 Å². The third kappa shape index (κ3) is 3.97. The van der Waals surface area contributed by atoms with Crippen molar-refractivity contribution in [1.29, 1.82) is 0 Å². The first-order valence-electron chi connectivity index (χ1n) is 6.07. The van der Waals surface area contributed by atoms with Crippen molar-refractivity contribution in [3.05, 3.63) is 35.9 Å². The Morgan fingerprint density at radius 3 is 2.79 bits per heavy atom. The lowest BCUT2D eigenvalue weighted by Crippen LogP contribution is -2.48. The van der Waals surface area contributed by atoms with Crippen molar-refractivity contribution in [3.8, 4) is 0 Å². The van der Waals surface area contributed by atoms with Gasteiger partial charge in [0.15, 0.2) is 0 Å². The number of thioether (sulfide) groups is 1. The maximum absolute atomic E-state index is 11.9. The fraction of sp³-hybridized carbons (Fsp3) is 0.385. The first-order chi connectivity index (χ1) is 9.19. The van der Waals surface area contributed by atoms with E-state index in [9.17, 15) is 14.7 Å². The molecular weight excluding hydrogens is 264 g/mol. The molecule has 0 radical (unpaired) electrons. The summed E-state index contributed by atoms with van der Waals surface area (Å²) < 4.78 is 0. The zero-order valence-electron chi connectivity index (χ0n) is 10.3. The summed E-state index contributed by atoms with van der Waals surface area (Å²) in [4.78, 5) is 22.9. The van der Waals surface area contributed by atoms with Crippen LogP contribution in [0.2, 0.25) is 0 Å². The van der Waals surface area contributed by atoms with E-state index in [2.05, 4.69) is 10.6 Å². The van der Waals surface area contributed by atoms with E-state index in [1.807, 2.05) is 30.3 Å². The van der Waals surface area contributed by atoms with E-state index in [-0.39, 0.29) is 23.8 Å². The Balaban J connectivity index is 1.88. The van der Waals surface area contributed by atoms with Crippen molar-refractivity contribution in [3.63, 3.8) is 0 Å². The smallest absolute Gasteiger partial charge is 0.279 e. The molecule has 0 bridgehead atoms. The van der Waals surface area contributed by atoms with Crippen LogP contribution in [0, 0.1) is 0 Å². The fourth-order valence-corrected chi connectivity index (χ4v) is 2.67. The van der Waals surface area contributed by atoms with Gasteiger partial charge in [-0.1, -0.05) is 42.1 Å². The van der Waals surface area contributed by atoms with Gasteiger partial charge in [-0.3, -0.25) is 9.59 Å². The molecule has 5 nitrogen and oxygen atoms in total. The average molecular weight is 280 g/mol. The van der Waals surface area contributed by atoms with Crippen LogP contribution in [-0.4, -0.2) is 40.7 Å². The Labute approximate surface area is 115 Å². The molecule has 6 heteroatoms. The highest BCUT2D eigenvalue weighted by Crippen LogP contribution is 2.13. The summed E-state index contributed by atoms with van der Waals surface area (Å²) in [5, 5.41) is 14.5. The third-order valence-electron chi connectivity index (χ3n) is 2.88. The molecule has 1 aliphatic heterocycles. The molecular formula is C13H16N2O3S. The quantitative estimate of drug-likeness (QED) is 0.735. The number of nitrogens with one attached hydrogen (secondary N) is 2. The summed E-state index contributed by atoms with van der Waals surface area (Å²) in [6.45, 7) is -0.131. The van der Waals surface area contributed by atoms with Gasteiger partial charge in [-0.25, -0.2) is 0 Å². The minimum atomic E-state index is -0.498. The van der Waals surface area contributed by atoms with Crippen LogP contribution in [0.4, 0.5) is 4.79 Å². The Bertz CT molecular complexity index is 452. The minimum Gasteiger partial charge on any atom is -0.394 e. The molecule has 2 amide bonds. The summed E-state index contributed by atoms with van der Waals surface area (Å²) >= 11 is 1.10. The standard InChI is InChI=1S/C13H16N2O3S/c16-7-10(6-9-4-2-1-3-5-9)14-12(17)11-8-19-13(18)15-11/h1-5,10-11,16H,6-8H2,(H,14,17)(H,15,18)/t10-,11?/m1/s1. The summed E-state index contributed by atoms with van der Waals surface area (Å²) in [5.41, 5.74) is 1.05. The second-order valence-corrected chi connectivity index (χ2v) is 5.37. The van der Waals surface area contributed by atoms with Gasteiger partial charge in [-0.2, -0.15) is 0 Å². The zero-order valence-corrected chi connectivity index (χ0v) is 11.2. The molecule has 19 heavy (non-hydrogen) atoms. The first kappa shape index (κ1) is 13.9. The van der Waals surface area contributed by atoms with E-state index in [1.165, 1.54) is 0 Å². The summed E-state index contributed by atoms with van der Waals surface area (Å²) in [6.07, 6.45) is 0.566. The van der Waals surface area contributed by atoms with Crippen LogP contribution in [0.1, 0.15) is 5.56 Å². The topological polar surface area (TPSA) is 78.4 Å². The van der Waals surface area contributed by atoms with E-state index in [4.69, 9.17) is 0 Å². The highest BCUT2D eigenvalue weighted by Gasteiger charge is 2.29. The maximum atomic E-state index is 11.9. The molecule has 102 valence electrons. The van der Waals surface area contributed by atoms with Crippen LogP contribution in [-0.2, 0) is 11.2 Å². The third-order valence-corrected chi connectivity index (χ3v) is 3.76. The number of carbonyl (C=O) groups excluding carboxylic acids is 2. The zero-order chi connectivity index (χ0) is 13.7. The minimum absolute atomic E-state index is 0.131. The van der Waals surface area contributed by atoms with E-state index in [0.717, 1.165) is 17.3 Å². The number of aliphatic hydroxyl groups is 1. The Hall–Kier alpha value is -1.53. The Morgan fingerprint density at radius 1 is 1.47 bits per heavy atom. The molecule has 1 unspecified atom stereocenters. The van der Waals surface area contributed by atoms with Gasteiger partial charge < -0.3 is 15.7 Å². The van der Waals surface area contributed by atoms with Crippen LogP contribution in [0.3, 0.4) is 0 Å². The summed E-state index contributed by atoms with van der Waals surface area (Å²) in [5.74, 6) is 0.196. The van der Waals surface area contributed by atoms with Gasteiger partial charge in [-0.05, 0) is 12.0 Å². The molecule has 0 spiro atoms. The molecule has 1 aliphatic rings. The molecule has 2 rings (SSSR count). The predicted octanol–water partition coefficient (Wildman–Crippen LogP) is 0.531. The van der Waals surface area contributed by atoms with Crippen molar-refractivity contribution in [2.24, 2.45) is 0 Å². The largest absolute Gasteiger partial charge is 0.394 e. The van der Waals surface area contributed by atoms with Gasteiger partial charge in [-0.15, -0.1) is 0 Å².